The topological polar surface area (TPSA) is 29.5 Å². The smallest absolute Gasteiger partial charge is 0.140 e. The van der Waals surface area contributed by atoms with Crippen molar-refractivity contribution < 1.29 is 9.84 Å². The highest BCUT2D eigenvalue weighted by atomic mass is 79.9. The molecule has 0 atom stereocenters. The highest BCUT2D eigenvalue weighted by Gasteiger charge is 2.02. The molecule has 0 unspecified atom stereocenters. The van der Waals surface area contributed by atoms with Crippen LogP contribution in [0.3, 0.4) is 0 Å². The van der Waals surface area contributed by atoms with Gasteiger partial charge in [0.05, 0.1) is 18.2 Å². The zero-order valence-electron chi connectivity index (χ0n) is 7.33. The van der Waals surface area contributed by atoms with E-state index in [1.807, 2.05) is 24.3 Å². The van der Waals surface area contributed by atoms with Crippen molar-refractivity contribution >= 4 is 22.0 Å². The molecule has 0 aliphatic carbocycles. The van der Waals surface area contributed by atoms with Crippen molar-refractivity contribution in [1.29, 1.82) is 0 Å². The summed E-state index contributed by atoms with van der Waals surface area (Å²) >= 11 is 3.38. The van der Waals surface area contributed by atoms with E-state index in [1.165, 1.54) is 0 Å². The minimum atomic E-state index is 0.0374. The zero-order chi connectivity index (χ0) is 9.68. The molecule has 1 aromatic rings. The lowest BCUT2D eigenvalue weighted by Crippen LogP contribution is -1.88. The molecule has 1 aromatic carbocycles. The summed E-state index contributed by atoms with van der Waals surface area (Å²) in [4.78, 5) is 0. The Hall–Kier alpha value is -0.800. The van der Waals surface area contributed by atoms with Gasteiger partial charge in [-0.3, -0.25) is 0 Å². The van der Waals surface area contributed by atoms with Gasteiger partial charge in [-0.25, -0.2) is 0 Å². The van der Waals surface area contributed by atoms with E-state index < -0.39 is 0 Å². The number of aliphatic hydroxyl groups excluding tert-OH is 1. The number of hydrogen-bond acceptors (Lipinski definition) is 2. The lowest BCUT2D eigenvalue weighted by atomic mass is 10.2. The molecule has 3 heteroatoms. The number of benzene rings is 1. The lowest BCUT2D eigenvalue weighted by molar-refractivity contribution is 0.343. The maximum atomic E-state index is 8.62. The first-order valence-corrected chi connectivity index (χ1v) is 4.68. The van der Waals surface area contributed by atoms with Crippen molar-refractivity contribution in [2.75, 3.05) is 13.7 Å². The van der Waals surface area contributed by atoms with E-state index in [9.17, 15) is 0 Å². The molecule has 1 N–H and O–H groups in total. The SMILES string of the molecule is COc1c(Br)cccc1/C=C/CO. The van der Waals surface area contributed by atoms with Crippen molar-refractivity contribution in [2.24, 2.45) is 0 Å². The van der Waals surface area contributed by atoms with Gasteiger partial charge in [-0.15, -0.1) is 0 Å². The van der Waals surface area contributed by atoms with Gasteiger partial charge in [-0.05, 0) is 22.0 Å². The number of rotatable bonds is 3. The molecule has 0 bridgehead atoms. The predicted molar refractivity (Wildman–Crippen MR) is 56.8 cm³/mol. The fourth-order valence-electron chi connectivity index (χ4n) is 1.05. The van der Waals surface area contributed by atoms with Crippen molar-refractivity contribution in [3.8, 4) is 5.75 Å². The summed E-state index contributed by atoms with van der Waals surface area (Å²) in [7, 11) is 1.62. The molecule has 1 rings (SSSR count). The van der Waals surface area contributed by atoms with Gasteiger partial charge >= 0.3 is 0 Å². The lowest BCUT2D eigenvalue weighted by Gasteiger charge is -2.06. The van der Waals surface area contributed by atoms with Crippen molar-refractivity contribution in [3.63, 3.8) is 0 Å². The molecule has 0 radical (unpaired) electrons. The van der Waals surface area contributed by atoms with Crippen LogP contribution in [0.5, 0.6) is 5.75 Å². The molecule has 13 heavy (non-hydrogen) atoms. The first kappa shape index (κ1) is 10.3. The van der Waals surface area contributed by atoms with E-state index in [0.29, 0.717) is 0 Å². The normalized spacial score (nSPS) is 10.7. The second kappa shape index (κ2) is 5.04. The first-order valence-electron chi connectivity index (χ1n) is 3.89. The predicted octanol–water partition coefficient (Wildman–Crippen LogP) is 2.46. The van der Waals surface area contributed by atoms with Crippen molar-refractivity contribution in [3.05, 3.63) is 34.3 Å². The van der Waals surface area contributed by atoms with Gasteiger partial charge in [0.1, 0.15) is 5.75 Å². The van der Waals surface area contributed by atoms with Crippen LogP contribution in [-0.2, 0) is 0 Å². The van der Waals surface area contributed by atoms with Gasteiger partial charge in [0.25, 0.3) is 0 Å². The Morgan fingerprint density at radius 3 is 2.92 bits per heavy atom. The summed E-state index contributed by atoms with van der Waals surface area (Å²) in [6, 6.07) is 5.76. The molecular formula is C10H11BrO2. The summed E-state index contributed by atoms with van der Waals surface area (Å²) < 4.78 is 6.11. The van der Waals surface area contributed by atoms with Crippen LogP contribution >= 0.6 is 15.9 Å². The molecule has 0 aromatic heterocycles. The largest absolute Gasteiger partial charge is 0.495 e. The molecule has 0 heterocycles. The first-order chi connectivity index (χ1) is 6.29. The summed E-state index contributed by atoms with van der Waals surface area (Å²) in [5, 5.41) is 8.62. The maximum absolute atomic E-state index is 8.62. The Kier molecular flexibility index (Phi) is 3.99. The maximum Gasteiger partial charge on any atom is 0.140 e. The monoisotopic (exact) mass is 242 g/mol. The van der Waals surface area contributed by atoms with E-state index in [2.05, 4.69) is 15.9 Å². The second-order valence-corrected chi connectivity index (χ2v) is 3.30. The standard InChI is InChI=1S/C10H11BrO2/c1-13-10-8(5-3-7-12)4-2-6-9(10)11/h2-6,12H,7H2,1H3/b5-3+. The molecule has 2 nitrogen and oxygen atoms in total. The fraction of sp³-hybridized carbons (Fsp3) is 0.200. The number of aliphatic hydroxyl groups is 1. The van der Waals surface area contributed by atoms with Gasteiger partial charge in [-0.1, -0.05) is 24.3 Å². The third-order valence-electron chi connectivity index (χ3n) is 1.60. The summed E-state index contributed by atoms with van der Waals surface area (Å²) in [6.45, 7) is 0.0374. The molecule has 70 valence electrons. The molecule has 0 aliphatic heterocycles. The van der Waals surface area contributed by atoms with Gasteiger partial charge in [0.2, 0.25) is 0 Å². The average Bonchev–Trinajstić information content (AvgIpc) is 2.15. The molecule has 0 saturated carbocycles. The van der Waals surface area contributed by atoms with Gasteiger partial charge < -0.3 is 9.84 Å². The zero-order valence-corrected chi connectivity index (χ0v) is 8.91. The second-order valence-electron chi connectivity index (χ2n) is 2.45. The minimum Gasteiger partial charge on any atom is -0.495 e. The Morgan fingerprint density at radius 1 is 1.54 bits per heavy atom. The summed E-state index contributed by atoms with van der Waals surface area (Å²) in [5.74, 6) is 0.784. The van der Waals surface area contributed by atoms with Gasteiger partial charge in [0, 0.05) is 5.56 Å². The molecule has 0 amide bonds. The summed E-state index contributed by atoms with van der Waals surface area (Å²) in [6.07, 6.45) is 3.49. The van der Waals surface area contributed by atoms with Crippen LogP contribution in [0.4, 0.5) is 0 Å². The highest BCUT2D eigenvalue weighted by molar-refractivity contribution is 9.10. The number of methoxy groups -OCH3 is 1. The average molecular weight is 243 g/mol. The van der Waals surface area contributed by atoms with Crippen LogP contribution in [0.1, 0.15) is 5.56 Å². The molecular weight excluding hydrogens is 232 g/mol. The van der Waals surface area contributed by atoms with E-state index in [-0.39, 0.29) is 6.61 Å². The van der Waals surface area contributed by atoms with Crippen molar-refractivity contribution in [2.45, 2.75) is 0 Å². The molecule has 0 fully saturated rings. The molecule has 0 spiro atoms. The molecule has 0 saturated heterocycles. The third kappa shape index (κ3) is 2.57. The van der Waals surface area contributed by atoms with E-state index in [0.717, 1.165) is 15.8 Å². The van der Waals surface area contributed by atoms with Crippen LogP contribution in [0.15, 0.2) is 28.7 Å². The van der Waals surface area contributed by atoms with E-state index in [1.54, 1.807) is 13.2 Å². The third-order valence-corrected chi connectivity index (χ3v) is 2.23. The highest BCUT2D eigenvalue weighted by Crippen LogP contribution is 2.29. The summed E-state index contributed by atoms with van der Waals surface area (Å²) in [5.41, 5.74) is 0.950. The van der Waals surface area contributed by atoms with Crippen LogP contribution in [0.2, 0.25) is 0 Å². The Labute approximate surface area is 86.0 Å². The van der Waals surface area contributed by atoms with Gasteiger partial charge in [0.15, 0.2) is 0 Å². The number of halogens is 1. The Morgan fingerprint density at radius 2 is 2.31 bits per heavy atom. The van der Waals surface area contributed by atoms with Crippen LogP contribution in [-0.4, -0.2) is 18.8 Å². The molecule has 0 aliphatic rings. The number of ether oxygens (including phenoxy) is 1. The Bertz CT molecular complexity index is 308. The van der Waals surface area contributed by atoms with Crippen molar-refractivity contribution in [1.82, 2.24) is 0 Å². The Balaban J connectivity index is 3.05. The van der Waals surface area contributed by atoms with Gasteiger partial charge in [-0.2, -0.15) is 0 Å². The van der Waals surface area contributed by atoms with E-state index >= 15 is 0 Å². The fourth-order valence-corrected chi connectivity index (χ4v) is 1.60. The number of para-hydroxylation sites is 1. The number of hydrogen-bond donors (Lipinski definition) is 1. The van der Waals surface area contributed by atoms with Crippen LogP contribution < -0.4 is 4.74 Å². The van der Waals surface area contributed by atoms with Crippen LogP contribution in [0.25, 0.3) is 6.08 Å². The van der Waals surface area contributed by atoms with Crippen LogP contribution in [0, 0.1) is 0 Å². The minimum absolute atomic E-state index is 0.0374. The quantitative estimate of drug-likeness (QED) is 0.883. The van der Waals surface area contributed by atoms with E-state index in [4.69, 9.17) is 9.84 Å².